The summed E-state index contributed by atoms with van der Waals surface area (Å²) in [5.41, 5.74) is 3.68. The number of para-hydroxylation sites is 1. The second kappa shape index (κ2) is 8.83. The molecule has 2 N–H and O–H groups in total. The molecule has 6 nitrogen and oxygen atoms in total. The third kappa shape index (κ3) is 3.68. The van der Waals surface area contributed by atoms with Crippen LogP contribution >= 0.6 is 11.3 Å². The van der Waals surface area contributed by atoms with E-state index in [-0.39, 0.29) is 11.3 Å². The van der Waals surface area contributed by atoms with Crippen LogP contribution in [0.4, 0.5) is 0 Å². The second-order valence-electron chi connectivity index (χ2n) is 8.30. The Kier molecular flexibility index (Phi) is 5.71. The summed E-state index contributed by atoms with van der Waals surface area (Å²) in [5, 5.41) is 14.2. The molecule has 5 rings (SSSR count). The first kappa shape index (κ1) is 22.0. The number of aromatic nitrogens is 1. The number of H-pyrrole nitrogens is 1. The highest BCUT2D eigenvalue weighted by Crippen LogP contribution is 2.42. The number of amides is 1. The van der Waals surface area contributed by atoms with Crippen molar-refractivity contribution in [2.45, 2.75) is 19.4 Å². The molecule has 2 aromatic carbocycles. The van der Waals surface area contributed by atoms with Crippen molar-refractivity contribution in [1.82, 2.24) is 9.88 Å². The number of rotatable bonds is 6. The van der Waals surface area contributed by atoms with Gasteiger partial charge in [0.15, 0.2) is 0 Å². The molecule has 1 amide bonds. The number of aliphatic hydroxyl groups is 1. The Morgan fingerprint density at radius 1 is 1.12 bits per heavy atom. The molecule has 1 aliphatic heterocycles. The Balaban J connectivity index is 1.55. The molecule has 2 aromatic heterocycles. The first-order chi connectivity index (χ1) is 16.5. The number of Topliss-reactive ketones (excluding diaryl/α,β-unsaturated/α-hetero) is 1. The number of aliphatic hydroxyl groups excluding tert-OH is 1. The van der Waals surface area contributed by atoms with E-state index in [1.54, 1.807) is 36.3 Å². The fourth-order valence-electron chi connectivity index (χ4n) is 4.53. The Hall–Kier alpha value is -3.84. The van der Waals surface area contributed by atoms with Crippen LogP contribution in [0.25, 0.3) is 16.7 Å². The minimum absolute atomic E-state index is 0.125. The number of carbonyl (C=O) groups excluding carboxylic acids is 2. The molecule has 0 bridgehead atoms. The smallest absolute Gasteiger partial charge is 0.295 e. The number of aryl methyl sites for hydroxylation is 1. The quantitative estimate of drug-likeness (QED) is 0.229. The van der Waals surface area contributed by atoms with Crippen molar-refractivity contribution in [3.8, 4) is 5.75 Å². The maximum Gasteiger partial charge on any atom is 0.295 e. The SMILES string of the molecule is COc1ccc(/C(O)=C2/C(=O)C(=O)N(CCc3c[nH]c4ccccc34)C2c2sccc2C)cc1. The summed E-state index contributed by atoms with van der Waals surface area (Å²) in [6.07, 6.45) is 2.53. The Morgan fingerprint density at radius 2 is 1.88 bits per heavy atom. The average molecular weight is 473 g/mol. The number of hydrogen-bond acceptors (Lipinski definition) is 5. The van der Waals surface area contributed by atoms with Crippen LogP contribution in [0.3, 0.4) is 0 Å². The number of thiophene rings is 1. The lowest BCUT2D eigenvalue weighted by Gasteiger charge is -2.25. The Morgan fingerprint density at radius 3 is 2.59 bits per heavy atom. The number of benzene rings is 2. The minimum atomic E-state index is -0.662. The lowest BCUT2D eigenvalue weighted by Crippen LogP contribution is -2.31. The van der Waals surface area contributed by atoms with Gasteiger partial charge in [0.05, 0.1) is 18.7 Å². The molecule has 1 unspecified atom stereocenters. The van der Waals surface area contributed by atoms with Gasteiger partial charge in [0.25, 0.3) is 11.7 Å². The summed E-state index contributed by atoms with van der Waals surface area (Å²) in [4.78, 5) is 32.1. The van der Waals surface area contributed by atoms with Crippen LogP contribution in [0.15, 0.2) is 71.7 Å². The van der Waals surface area contributed by atoms with Gasteiger partial charge >= 0.3 is 0 Å². The second-order valence-corrected chi connectivity index (χ2v) is 9.25. The highest BCUT2D eigenvalue weighted by atomic mass is 32.1. The largest absolute Gasteiger partial charge is 0.507 e. The molecule has 1 fully saturated rings. The number of hydrogen-bond donors (Lipinski definition) is 2. The molecule has 0 saturated carbocycles. The summed E-state index contributed by atoms with van der Waals surface area (Å²) in [5.74, 6) is -0.785. The third-order valence-electron chi connectivity index (χ3n) is 6.35. The number of nitrogens with one attached hydrogen (secondary N) is 1. The van der Waals surface area contributed by atoms with E-state index >= 15 is 0 Å². The third-order valence-corrected chi connectivity index (χ3v) is 7.42. The van der Waals surface area contributed by atoms with Gasteiger partial charge in [0, 0.05) is 34.1 Å². The summed E-state index contributed by atoms with van der Waals surface area (Å²) in [6, 6.07) is 16.1. The molecule has 3 heterocycles. The molecule has 34 heavy (non-hydrogen) atoms. The molecule has 1 aliphatic rings. The van der Waals surface area contributed by atoms with Gasteiger partial charge in [0.2, 0.25) is 0 Å². The number of methoxy groups -OCH3 is 1. The molecule has 0 aliphatic carbocycles. The number of aromatic amines is 1. The van der Waals surface area contributed by atoms with Crippen LogP contribution in [0, 0.1) is 6.92 Å². The fraction of sp³-hybridized carbons (Fsp3) is 0.185. The van der Waals surface area contributed by atoms with E-state index in [0.717, 1.165) is 26.9 Å². The molecule has 7 heteroatoms. The zero-order chi connectivity index (χ0) is 23.8. The number of ether oxygens (including phenoxy) is 1. The molecule has 1 saturated heterocycles. The molecule has 1 atom stereocenters. The van der Waals surface area contributed by atoms with Crippen molar-refractivity contribution >= 4 is 39.7 Å². The number of ketones is 1. The molecule has 0 spiro atoms. The number of likely N-dealkylation sites (tertiary alicyclic amines) is 1. The Bertz CT molecular complexity index is 1410. The average Bonchev–Trinajstić information content (AvgIpc) is 3.54. The number of nitrogens with zero attached hydrogens (tertiary/aromatic N) is 1. The van der Waals surface area contributed by atoms with E-state index in [1.807, 2.05) is 48.8 Å². The van der Waals surface area contributed by atoms with Gasteiger partial charge in [-0.25, -0.2) is 0 Å². The minimum Gasteiger partial charge on any atom is -0.507 e. The number of carbonyl (C=O) groups is 2. The summed E-state index contributed by atoms with van der Waals surface area (Å²) >= 11 is 1.49. The van der Waals surface area contributed by atoms with Crippen molar-refractivity contribution in [3.63, 3.8) is 0 Å². The van der Waals surface area contributed by atoms with Crippen LogP contribution in [0.1, 0.15) is 27.6 Å². The molecular formula is C27H24N2O4S. The zero-order valence-electron chi connectivity index (χ0n) is 18.9. The Labute approximate surface area is 201 Å². The maximum atomic E-state index is 13.2. The van der Waals surface area contributed by atoms with E-state index in [1.165, 1.54) is 11.3 Å². The van der Waals surface area contributed by atoms with E-state index in [4.69, 9.17) is 4.74 Å². The summed E-state index contributed by atoms with van der Waals surface area (Å²) in [6.45, 7) is 2.31. The predicted molar refractivity (Wildman–Crippen MR) is 133 cm³/mol. The first-order valence-electron chi connectivity index (χ1n) is 11.0. The van der Waals surface area contributed by atoms with Gasteiger partial charge in [-0.15, -0.1) is 11.3 Å². The number of fused-ring (bicyclic) bond motifs is 1. The van der Waals surface area contributed by atoms with Crippen molar-refractivity contribution in [1.29, 1.82) is 0 Å². The van der Waals surface area contributed by atoms with Crippen LogP contribution in [-0.4, -0.2) is 40.3 Å². The van der Waals surface area contributed by atoms with Crippen molar-refractivity contribution in [2.24, 2.45) is 0 Å². The molecular weight excluding hydrogens is 448 g/mol. The van der Waals surface area contributed by atoms with Crippen molar-refractivity contribution < 1.29 is 19.4 Å². The van der Waals surface area contributed by atoms with Gasteiger partial charge in [-0.3, -0.25) is 9.59 Å². The van der Waals surface area contributed by atoms with E-state index in [0.29, 0.717) is 24.3 Å². The van der Waals surface area contributed by atoms with Gasteiger partial charge in [-0.1, -0.05) is 18.2 Å². The highest BCUT2D eigenvalue weighted by Gasteiger charge is 2.46. The molecule has 172 valence electrons. The maximum absolute atomic E-state index is 13.2. The lowest BCUT2D eigenvalue weighted by molar-refractivity contribution is -0.139. The molecule has 0 radical (unpaired) electrons. The highest BCUT2D eigenvalue weighted by molar-refractivity contribution is 7.10. The van der Waals surface area contributed by atoms with Gasteiger partial charge in [0.1, 0.15) is 11.5 Å². The zero-order valence-corrected chi connectivity index (χ0v) is 19.7. The van der Waals surface area contributed by atoms with Crippen molar-refractivity contribution in [2.75, 3.05) is 13.7 Å². The van der Waals surface area contributed by atoms with Crippen molar-refractivity contribution in [3.05, 3.63) is 93.3 Å². The normalized spacial score (nSPS) is 17.6. The van der Waals surface area contributed by atoms with E-state index in [9.17, 15) is 14.7 Å². The summed E-state index contributed by atoms with van der Waals surface area (Å²) in [7, 11) is 1.56. The van der Waals surface area contributed by atoms with E-state index in [2.05, 4.69) is 4.98 Å². The lowest BCUT2D eigenvalue weighted by atomic mass is 9.98. The van der Waals surface area contributed by atoms with Gasteiger partial charge in [-0.2, -0.15) is 0 Å². The van der Waals surface area contributed by atoms with E-state index < -0.39 is 17.7 Å². The predicted octanol–water partition coefficient (Wildman–Crippen LogP) is 5.21. The van der Waals surface area contributed by atoms with Crippen LogP contribution in [0.5, 0.6) is 5.75 Å². The van der Waals surface area contributed by atoms with Gasteiger partial charge in [-0.05, 0) is 66.2 Å². The first-order valence-corrected chi connectivity index (χ1v) is 11.9. The topological polar surface area (TPSA) is 82.6 Å². The van der Waals surface area contributed by atoms with Gasteiger partial charge < -0.3 is 19.7 Å². The standard InChI is InChI=1S/C27H24N2O4S/c1-16-12-14-34-26(16)23-22(24(30)17-7-9-19(33-2)10-8-17)25(31)27(32)29(23)13-11-18-15-28-21-6-4-3-5-20(18)21/h3-10,12,14-15,23,28,30H,11,13H2,1-2H3/b24-22-. The van der Waals surface area contributed by atoms with Crippen LogP contribution in [0.2, 0.25) is 0 Å². The molecule has 4 aromatic rings. The van der Waals surface area contributed by atoms with Crippen LogP contribution < -0.4 is 4.74 Å². The summed E-state index contributed by atoms with van der Waals surface area (Å²) < 4.78 is 5.20. The monoisotopic (exact) mass is 472 g/mol. The van der Waals surface area contributed by atoms with Crippen LogP contribution in [-0.2, 0) is 16.0 Å². The fourth-order valence-corrected chi connectivity index (χ4v) is 5.58.